The van der Waals surface area contributed by atoms with Gasteiger partial charge < -0.3 is 11.1 Å². The molecule has 8 heteroatoms. The van der Waals surface area contributed by atoms with Crippen LogP contribution in [0.4, 0.5) is 5.69 Å². The van der Waals surface area contributed by atoms with Crippen LogP contribution in [0.1, 0.15) is 19.4 Å². The van der Waals surface area contributed by atoms with Crippen molar-refractivity contribution in [3.8, 4) is 0 Å². The third-order valence-corrected chi connectivity index (χ3v) is 5.53. The second kappa shape index (κ2) is 7.24. The molecule has 1 aromatic carbocycles. The highest BCUT2D eigenvalue weighted by Crippen LogP contribution is 2.28. The Kier molecular flexibility index (Phi) is 6.18. The van der Waals surface area contributed by atoms with Crippen molar-refractivity contribution in [2.24, 2.45) is 0 Å². The van der Waals surface area contributed by atoms with Crippen molar-refractivity contribution >= 4 is 37.5 Å². The van der Waals surface area contributed by atoms with Gasteiger partial charge >= 0.3 is 0 Å². The molecule has 0 atom stereocenters. The lowest BCUT2D eigenvalue weighted by Crippen LogP contribution is -2.40. The lowest BCUT2D eigenvalue weighted by molar-refractivity contribution is -0.121. The quantitative estimate of drug-likeness (QED) is 0.734. The second-order valence-electron chi connectivity index (χ2n) is 4.50. The van der Waals surface area contributed by atoms with Gasteiger partial charge in [0.25, 0.3) is 0 Å². The van der Waals surface area contributed by atoms with E-state index in [4.69, 9.17) is 5.73 Å². The lowest BCUT2D eigenvalue weighted by Gasteiger charge is -2.21. The fourth-order valence-corrected chi connectivity index (χ4v) is 4.17. The summed E-state index contributed by atoms with van der Waals surface area (Å²) >= 11 is 3.24. The molecule has 21 heavy (non-hydrogen) atoms. The highest BCUT2D eigenvalue weighted by molar-refractivity contribution is 9.10. The summed E-state index contributed by atoms with van der Waals surface area (Å²) in [6.45, 7) is 5.56. The van der Waals surface area contributed by atoms with Crippen molar-refractivity contribution in [3.05, 3.63) is 22.2 Å². The van der Waals surface area contributed by atoms with Crippen molar-refractivity contribution in [3.63, 3.8) is 0 Å². The number of hydrogen-bond donors (Lipinski definition) is 2. The number of amides is 1. The van der Waals surface area contributed by atoms with E-state index >= 15 is 0 Å². The fourth-order valence-electron chi connectivity index (χ4n) is 1.86. The highest BCUT2D eigenvalue weighted by atomic mass is 79.9. The number of rotatable bonds is 6. The van der Waals surface area contributed by atoms with Crippen LogP contribution in [0.5, 0.6) is 0 Å². The predicted molar refractivity (Wildman–Crippen MR) is 86.4 cm³/mol. The number of carbonyl (C=O) groups excluding carboxylic acids is 1. The minimum absolute atomic E-state index is 0.112. The standard InChI is InChI=1S/C13H20BrN3O3S/c1-4-16-13(18)8-17(5-2)21(19,20)12-7-10(14)6-11(15)9(12)3/h6-7H,4-5,8,15H2,1-3H3,(H,16,18). The maximum absolute atomic E-state index is 12.7. The van der Waals surface area contributed by atoms with Gasteiger partial charge in [0.2, 0.25) is 15.9 Å². The van der Waals surface area contributed by atoms with E-state index in [2.05, 4.69) is 21.2 Å². The van der Waals surface area contributed by atoms with Crippen LogP contribution in [0.25, 0.3) is 0 Å². The van der Waals surface area contributed by atoms with E-state index in [1.807, 2.05) is 0 Å². The number of nitrogens with zero attached hydrogens (tertiary/aromatic N) is 1. The Bertz CT molecular complexity index is 632. The molecule has 1 rings (SSSR count). The fraction of sp³-hybridized carbons (Fsp3) is 0.462. The zero-order chi connectivity index (χ0) is 16.2. The van der Waals surface area contributed by atoms with Gasteiger partial charge in [0.05, 0.1) is 11.4 Å². The topological polar surface area (TPSA) is 92.5 Å². The van der Waals surface area contributed by atoms with E-state index in [9.17, 15) is 13.2 Å². The molecule has 1 aromatic rings. The molecule has 118 valence electrons. The molecule has 1 amide bonds. The van der Waals surface area contributed by atoms with Crippen molar-refractivity contribution in [1.29, 1.82) is 0 Å². The molecule has 0 unspecified atom stereocenters. The van der Waals surface area contributed by atoms with Crippen LogP contribution < -0.4 is 11.1 Å². The van der Waals surface area contributed by atoms with Crippen molar-refractivity contribution < 1.29 is 13.2 Å². The van der Waals surface area contributed by atoms with Gasteiger partial charge in [-0.3, -0.25) is 4.79 Å². The monoisotopic (exact) mass is 377 g/mol. The summed E-state index contributed by atoms with van der Waals surface area (Å²) < 4.78 is 27.1. The molecule has 0 saturated carbocycles. The van der Waals surface area contributed by atoms with E-state index in [1.54, 1.807) is 26.8 Å². The van der Waals surface area contributed by atoms with Gasteiger partial charge in [-0.05, 0) is 31.5 Å². The minimum Gasteiger partial charge on any atom is -0.398 e. The lowest BCUT2D eigenvalue weighted by atomic mass is 10.2. The van der Waals surface area contributed by atoms with Gasteiger partial charge in [0, 0.05) is 23.2 Å². The van der Waals surface area contributed by atoms with Gasteiger partial charge in [-0.15, -0.1) is 0 Å². The summed E-state index contributed by atoms with van der Waals surface area (Å²) in [6.07, 6.45) is 0. The van der Waals surface area contributed by atoms with E-state index < -0.39 is 10.0 Å². The highest BCUT2D eigenvalue weighted by Gasteiger charge is 2.27. The summed E-state index contributed by atoms with van der Waals surface area (Å²) in [5.41, 5.74) is 6.68. The maximum Gasteiger partial charge on any atom is 0.243 e. The number of likely N-dealkylation sites (N-methyl/N-ethyl adjacent to an activating group) is 2. The molecular weight excluding hydrogens is 358 g/mol. The zero-order valence-electron chi connectivity index (χ0n) is 12.3. The van der Waals surface area contributed by atoms with Crippen LogP contribution in [-0.2, 0) is 14.8 Å². The Morgan fingerprint density at radius 2 is 2.00 bits per heavy atom. The van der Waals surface area contributed by atoms with Gasteiger partial charge in [0.15, 0.2) is 0 Å². The molecule has 6 nitrogen and oxygen atoms in total. The Morgan fingerprint density at radius 1 is 1.38 bits per heavy atom. The summed E-state index contributed by atoms with van der Waals surface area (Å²) in [5, 5.41) is 2.59. The first-order valence-electron chi connectivity index (χ1n) is 6.56. The molecule has 0 fully saturated rings. The van der Waals surface area contributed by atoms with Gasteiger partial charge in [0.1, 0.15) is 0 Å². The van der Waals surface area contributed by atoms with Crippen molar-refractivity contribution in [2.75, 3.05) is 25.4 Å². The first kappa shape index (κ1) is 17.9. The molecule has 0 aliphatic carbocycles. The van der Waals surface area contributed by atoms with Gasteiger partial charge in [-0.25, -0.2) is 8.42 Å². The molecule has 0 heterocycles. The first-order valence-corrected chi connectivity index (χ1v) is 8.79. The van der Waals surface area contributed by atoms with Crippen LogP contribution in [0, 0.1) is 6.92 Å². The summed E-state index contributed by atoms with van der Waals surface area (Å²) in [7, 11) is -3.78. The zero-order valence-corrected chi connectivity index (χ0v) is 14.7. The third-order valence-electron chi connectivity index (χ3n) is 3.03. The Labute approximate surface area is 133 Å². The summed E-state index contributed by atoms with van der Waals surface area (Å²) in [4.78, 5) is 11.8. The predicted octanol–water partition coefficient (Wildman–Crippen LogP) is 1.49. The number of carbonyl (C=O) groups is 1. The van der Waals surface area contributed by atoms with Crippen LogP contribution in [0.3, 0.4) is 0 Å². The van der Waals surface area contributed by atoms with Crippen LogP contribution in [-0.4, -0.2) is 38.3 Å². The van der Waals surface area contributed by atoms with Crippen molar-refractivity contribution in [2.45, 2.75) is 25.7 Å². The number of halogens is 1. The maximum atomic E-state index is 12.7. The largest absolute Gasteiger partial charge is 0.398 e. The van der Waals surface area contributed by atoms with E-state index in [1.165, 1.54) is 6.07 Å². The molecule has 0 saturated heterocycles. The Balaban J connectivity index is 3.22. The van der Waals surface area contributed by atoms with Gasteiger partial charge in [-0.2, -0.15) is 4.31 Å². The van der Waals surface area contributed by atoms with E-state index in [-0.39, 0.29) is 23.9 Å². The van der Waals surface area contributed by atoms with E-state index in [0.717, 1.165) is 4.31 Å². The second-order valence-corrected chi connectivity index (χ2v) is 7.32. The Morgan fingerprint density at radius 3 is 2.52 bits per heavy atom. The van der Waals surface area contributed by atoms with Crippen LogP contribution in [0.15, 0.2) is 21.5 Å². The van der Waals surface area contributed by atoms with E-state index in [0.29, 0.717) is 22.3 Å². The normalized spacial score (nSPS) is 11.7. The molecule has 0 aromatic heterocycles. The van der Waals surface area contributed by atoms with Gasteiger partial charge in [-0.1, -0.05) is 22.9 Å². The Hall–Kier alpha value is -1.12. The molecule has 3 N–H and O–H groups in total. The number of nitrogen functional groups attached to an aromatic ring is 1. The SMILES string of the molecule is CCNC(=O)CN(CC)S(=O)(=O)c1cc(Br)cc(N)c1C. The van der Waals surface area contributed by atoms with Crippen LogP contribution in [0.2, 0.25) is 0 Å². The molecule has 0 aliphatic rings. The minimum atomic E-state index is -3.78. The summed E-state index contributed by atoms with van der Waals surface area (Å²) in [6, 6.07) is 3.15. The number of anilines is 1. The summed E-state index contributed by atoms with van der Waals surface area (Å²) in [5.74, 6) is -0.330. The number of hydrogen-bond acceptors (Lipinski definition) is 4. The molecule has 0 bridgehead atoms. The number of nitrogens with two attached hydrogens (primary N) is 1. The van der Waals surface area contributed by atoms with Crippen LogP contribution >= 0.6 is 15.9 Å². The number of sulfonamides is 1. The average Bonchev–Trinajstić information content (AvgIpc) is 2.40. The number of nitrogens with one attached hydrogen (secondary N) is 1. The molecular formula is C13H20BrN3O3S. The van der Waals surface area contributed by atoms with Crippen molar-refractivity contribution in [1.82, 2.24) is 9.62 Å². The average molecular weight is 378 g/mol. The third kappa shape index (κ3) is 4.18. The molecule has 0 radical (unpaired) electrons. The first-order chi connectivity index (χ1) is 9.73. The number of benzene rings is 1. The molecule has 0 aliphatic heterocycles. The molecule has 0 spiro atoms. The smallest absolute Gasteiger partial charge is 0.243 e.